The minimum absolute atomic E-state index is 0.0123. The summed E-state index contributed by atoms with van der Waals surface area (Å²) in [5, 5.41) is 0. The van der Waals surface area contributed by atoms with E-state index in [-0.39, 0.29) is 10.8 Å². The Morgan fingerprint density at radius 3 is 0.841 bits per heavy atom. The summed E-state index contributed by atoms with van der Waals surface area (Å²) in [7, 11) is 0. The van der Waals surface area contributed by atoms with E-state index in [9.17, 15) is 0 Å². The summed E-state index contributed by atoms with van der Waals surface area (Å²) in [5.74, 6) is 1.87. The number of aryl methyl sites for hydroxylation is 2. The molecule has 44 heavy (non-hydrogen) atoms. The van der Waals surface area contributed by atoms with Gasteiger partial charge in [-0.1, -0.05) is 148 Å². The number of hydrogen-bond donors (Lipinski definition) is 0. The van der Waals surface area contributed by atoms with Gasteiger partial charge in [-0.15, -0.1) is 0 Å². The second-order valence-corrected chi connectivity index (χ2v) is 12.1. The van der Waals surface area contributed by atoms with Crippen molar-refractivity contribution in [1.82, 2.24) is 0 Å². The van der Waals surface area contributed by atoms with Crippen LogP contribution in [0.25, 0.3) is 0 Å². The van der Waals surface area contributed by atoms with Crippen LogP contribution in [0.5, 0.6) is 11.5 Å². The van der Waals surface area contributed by atoms with Crippen molar-refractivity contribution >= 4 is 0 Å². The van der Waals surface area contributed by atoms with Gasteiger partial charge in [-0.05, 0) is 74.2 Å². The molecular weight excluding hydrogens is 536 g/mol. The third-order valence-electron chi connectivity index (χ3n) is 7.99. The van der Waals surface area contributed by atoms with Crippen molar-refractivity contribution in [2.45, 2.75) is 66.2 Å². The molecular formula is C42H50O2. The number of hydrogen-bond acceptors (Lipinski definition) is 2. The van der Waals surface area contributed by atoms with Crippen LogP contribution >= 0.6 is 0 Å². The highest BCUT2D eigenvalue weighted by Gasteiger charge is 2.23. The standard InChI is InChI=1S/2C18H22O.C6H6/c2*1-5-19-17-12-10-16(11-13-17)18(3,4)15-8-6-14(2)7-9-15;1-2-4-6-5-3-1/h2*6-13H,5H2,1-4H3;1-6H. The number of benzene rings is 5. The minimum Gasteiger partial charge on any atom is -0.494 e. The quantitative estimate of drug-likeness (QED) is 0.180. The number of rotatable bonds is 8. The third-order valence-corrected chi connectivity index (χ3v) is 7.99. The van der Waals surface area contributed by atoms with Gasteiger partial charge in [0.2, 0.25) is 0 Å². The summed E-state index contributed by atoms with van der Waals surface area (Å²) in [6.07, 6.45) is 0. The van der Waals surface area contributed by atoms with Crippen molar-refractivity contribution in [3.05, 3.63) is 167 Å². The largest absolute Gasteiger partial charge is 0.494 e. The lowest BCUT2D eigenvalue weighted by atomic mass is 9.78. The van der Waals surface area contributed by atoms with Crippen LogP contribution < -0.4 is 9.47 Å². The summed E-state index contributed by atoms with van der Waals surface area (Å²) >= 11 is 0. The predicted molar refractivity (Wildman–Crippen MR) is 188 cm³/mol. The lowest BCUT2D eigenvalue weighted by molar-refractivity contribution is 0.340. The van der Waals surface area contributed by atoms with E-state index in [0.29, 0.717) is 13.2 Å². The Morgan fingerprint density at radius 1 is 0.386 bits per heavy atom. The van der Waals surface area contributed by atoms with Crippen molar-refractivity contribution in [3.8, 4) is 11.5 Å². The smallest absolute Gasteiger partial charge is 0.119 e. The summed E-state index contributed by atoms with van der Waals surface area (Å²) in [6, 6.07) is 46.4. The molecule has 0 heterocycles. The Labute approximate surface area is 266 Å². The van der Waals surface area contributed by atoms with Gasteiger partial charge in [-0.2, -0.15) is 0 Å². The zero-order chi connectivity index (χ0) is 32.0. The molecule has 5 aromatic rings. The zero-order valence-corrected chi connectivity index (χ0v) is 27.9. The van der Waals surface area contributed by atoms with Crippen LogP contribution in [0.2, 0.25) is 0 Å². The van der Waals surface area contributed by atoms with Crippen molar-refractivity contribution in [2.24, 2.45) is 0 Å². The molecule has 0 aromatic heterocycles. The minimum atomic E-state index is 0.0123. The molecule has 0 fully saturated rings. The summed E-state index contributed by atoms with van der Waals surface area (Å²) in [4.78, 5) is 0. The molecule has 0 amide bonds. The first-order valence-electron chi connectivity index (χ1n) is 15.7. The normalized spacial score (nSPS) is 10.9. The maximum atomic E-state index is 5.49. The van der Waals surface area contributed by atoms with Crippen LogP contribution in [0.4, 0.5) is 0 Å². The second-order valence-electron chi connectivity index (χ2n) is 12.1. The van der Waals surface area contributed by atoms with E-state index in [1.54, 1.807) is 0 Å². The fourth-order valence-electron chi connectivity index (χ4n) is 4.93. The fourth-order valence-corrected chi connectivity index (χ4v) is 4.93. The van der Waals surface area contributed by atoms with E-state index in [1.165, 1.54) is 33.4 Å². The lowest BCUT2D eigenvalue weighted by Crippen LogP contribution is -2.18. The molecule has 0 N–H and O–H groups in total. The van der Waals surface area contributed by atoms with E-state index in [1.807, 2.05) is 50.2 Å². The van der Waals surface area contributed by atoms with E-state index in [0.717, 1.165) is 11.5 Å². The Morgan fingerprint density at radius 2 is 0.614 bits per heavy atom. The zero-order valence-electron chi connectivity index (χ0n) is 27.9. The highest BCUT2D eigenvalue weighted by atomic mass is 16.5. The highest BCUT2D eigenvalue weighted by Crippen LogP contribution is 2.33. The average molecular weight is 587 g/mol. The van der Waals surface area contributed by atoms with E-state index in [2.05, 4.69) is 139 Å². The number of ether oxygens (including phenoxy) is 2. The Kier molecular flexibility index (Phi) is 12.8. The summed E-state index contributed by atoms with van der Waals surface area (Å²) in [5.41, 5.74) is 7.90. The summed E-state index contributed by atoms with van der Waals surface area (Å²) in [6.45, 7) is 18.7. The van der Waals surface area contributed by atoms with E-state index < -0.39 is 0 Å². The van der Waals surface area contributed by atoms with Crippen molar-refractivity contribution < 1.29 is 9.47 Å². The molecule has 0 aliphatic carbocycles. The van der Waals surface area contributed by atoms with Crippen molar-refractivity contribution in [3.63, 3.8) is 0 Å². The van der Waals surface area contributed by atoms with Gasteiger partial charge in [0.1, 0.15) is 11.5 Å². The van der Waals surface area contributed by atoms with Crippen LogP contribution in [-0.4, -0.2) is 13.2 Å². The second kappa shape index (κ2) is 16.5. The lowest BCUT2D eigenvalue weighted by Gasteiger charge is -2.26. The molecule has 0 atom stereocenters. The van der Waals surface area contributed by atoms with E-state index >= 15 is 0 Å². The van der Waals surface area contributed by atoms with E-state index in [4.69, 9.17) is 9.47 Å². The molecule has 0 saturated heterocycles. The molecule has 0 aliphatic rings. The van der Waals surface area contributed by atoms with Gasteiger partial charge in [-0.25, -0.2) is 0 Å². The fraction of sp³-hybridized carbons (Fsp3) is 0.286. The van der Waals surface area contributed by atoms with Gasteiger partial charge < -0.3 is 9.47 Å². The molecule has 0 spiro atoms. The van der Waals surface area contributed by atoms with Crippen LogP contribution in [-0.2, 0) is 10.8 Å². The first-order chi connectivity index (χ1) is 21.1. The maximum absolute atomic E-state index is 5.49. The van der Waals surface area contributed by atoms with Crippen LogP contribution in [0.3, 0.4) is 0 Å². The van der Waals surface area contributed by atoms with Gasteiger partial charge in [0.25, 0.3) is 0 Å². The molecule has 0 saturated carbocycles. The van der Waals surface area contributed by atoms with Crippen LogP contribution in [0.15, 0.2) is 133 Å². The third kappa shape index (κ3) is 9.88. The molecule has 0 radical (unpaired) electrons. The average Bonchev–Trinajstić information content (AvgIpc) is 3.04. The van der Waals surface area contributed by atoms with Gasteiger partial charge in [0.05, 0.1) is 13.2 Å². The molecule has 0 bridgehead atoms. The summed E-state index contributed by atoms with van der Waals surface area (Å²) < 4.78 is 11.0. The SMILES string of the molecule is CCOc1ccc(C(C)(C)c2ccc(C)cc2)cc1.CCOc1ccc(C(C)(C)c2ccc(C)cc2)cc1.c1ccccc1. The predicted octanol–water partition coefficient (Wildman–Crippen LogP) is 11.1. The molecule has 5 aromatic carbocycles. The van der Waals surface area contributed by atoms with Gasteiger partial charge >= 0.3 is 0 Å². The highest BCUT2D eigenvalue weighted by molar-refractivity contribution is 5.42. The van der Waals surface area contributed by atoms with Gasteiger partial charge in [-0.3, -0.25) is 0 Å². The van der Waals surface area contributed by atoms with Gasteiger partial charge in [0, 0.05) is 10.8 Å². The topological polar surface area (TPSA) is 18.5 Å². The van der Waals surface area contributed by atoms with Gasteiger partial charge in [0.15, 0.2) is 0 Å². The molecule has 0 aliphatic heterocycles. The maximum Gasteiger partial charge on any atom is 0.119 e. The van der Waals surface area contributed by atoms with Crippen molar-refractivity contribution in [1.29, 1.82) is 0 Å². The molecule has 0 unspecified atom stereocenters. The Hall–Kier alpha value is -4.30. The molecule has 5 rings (SSSR count). The van der Waals surface area contributed by atoms with Crippen LogP contribution in [0.1, 0.15) is 74.9 Å². The van der Waals surface area contributed by atoms with Crippen LogP contribution in [0, 0.1) is 13.8 Å². The Bertz CT molecular complexity index is 1350. The Balaban J connectivity index is 0.000000202. The monoisotopic (exact) mass is 586 g/mol. The van der Waals surface area contributed by atoms with Crippen molar-refractivity contribution in [2.75, 3.05) is 13.2 Å². The molecule has 2 heteroatoms. The molecule has 230 valence electrons. The molecule has 2 nitrogen and oxygen atoms in total. The first-order valence-corrected chi connectivity index (χ1v) is 15.7. The first kappa shape index (κ1) is 34.2.